The molecule has 0 aliphatic rings. The third kappa shape index (κ3) is 6.61. The van der Waals surface area contributed by atoms with Gasteiger partial charge in [0.05, 0.1) is 12.4 Å². The van der Waals surface area contributed by atoms with E-state index in [1.54, 1.807) is 0 Å². The Morgan fingerprint density at radius 2 is 1.89 bits per heavy atom. The minimum atomic E-state index is -3.09. The molecule has 0 aliphatic heterocycles. The van der Waals surface area contributed by atoms with Crippen LogP contribution in [-0.4, -0.2) is 27.3 Å². The highest BCUT2D eigenvalue weighted by molar-refractivity contribution is 7.89. The molecule has 0 radical (unpaired) electrons. The Bertz CT molecular complexity index is 417. The van der Waals surface area contributed by atoms with Gasteiger partial charge in [-0.15, -0.1) is 0 Å². The van der Waals surface area contributed by atoms with Gasteiger partial charge in [0.2, 0.25) is 10.0 Å². The van der Waals surface area contributed by atoms with Crippen LogP contribution in [0.2, 0.25) is 0 Å². The molecule has 0 saturated carbocycles. The molecule has 102 valence electrons. The molecule has 18 heavy (non-hydrogen) atoms. The van der Waals surface area contributed by atoms with Crippen LogP contribution in [0.3, 0.4) is 0 Å². The normalized spacial score (nSPS) is 11.4. The first-order chi connectivity index (χ1) is 8.64. The van der Waals surface area contributed by atoms with Gasteiger partial charge in [-0.2, -0.15) is 0 Å². The van der Waals surface area contributed by atoms with Crippen molar-refractivity contribution in [3.63, 3.8) is 0 Å². The molecule has 1 N–H and O–H groups in total. The first-order valence-electron chi connectivity index (χ1n) is 6.29. The summed E-state index contributed by atoms with van der Waals surface area (Å²) in [6.07, 6.45) is 2.26. The standard InChI is InChI=1S/C13H21NO3S/c1-2-3-12-18(15,16)14-10-7-11-17-13-8-5-4-6-9-13/h4-6,8-9,14H,2-3,7,10-12H2,1H3. The number of hydrogen-bond acceptors (Lipinski definition) is 3. The van der Waals surface area contributed by atoms with Crippen LogP contribution >= 0.6 is 0 Å². The monoisotopic (exact) mass is 271 g/mol. The molecule has 4 nitrogen and oxygen atoms in total. The minimum absolute atomic E-state index is 0.211. The van der Waals surface area contributed by atoms with Crippen molar-refractivity contribution in [1.82, 2.24) is 4.72 Å². The van der Waals surface area contributed by atoms with Gasteiger partial charge in [0.15, 0.2) is 0 Å². The fraction of sp³-hybridized carbons (Fsp3) is 0.538. The van der Waals surface area contributed by atoms with Gasteiger partial charge in [-0.05, 0) is 25.0 Å². The molecular weight excluding hydrogens is 250 g/mol. The van der Waals surface area contributed by atoms with Crippen LogP contribution in [0.1, 0.15) is 26.2 Å². The maximum Gasteiger partial charge on any atom is 0.211 e. The van der Waals surface area contributed by atoms with E-state index in [1.165, 1.54) is 0 Å². The van der Waals surface area contributed by atoms with Crippen molar-refractivity contribution in [2.45, 2.75) is 26.2 Å². The smallest absolute Gasteiger partial charge is 0.211 e. The van der Waals surface area contributed by atoms with E-state index in [1.807, 2.05) is 37.3 Å². The van der Waals surface area contributed by atoms with Crippen LogP contribution in [0, 0.1) is 0 Å². The summed E-state index contributed by atoms with van der Waals surface area (Å²) in [4.78, 5) is 0. The number of hydrogen-bond donors (Lipinski definition) is 1. The Kier molecular flexibility index (Phi) is 6.75. The first kappa shape index (κ1) is 15.0. The zero-order valence-electron chi connectivity index (χ0n) is 10.8. The minimum Gasteiger partial charge on any atom is -0.494 e. The highest BCUT2D eigenvalue weighted by Crippen LogP contribution is 2.08. The lowest BCUT2D eigenvalue weighted by atomic mass is 10.3. The molecule has 1 rings (SSSR count). The van der Waals surface area contributed by atoms with Gasteiger partial charge < -0.3 is 4.74 Å². The molecule has 1 aromatic carbocycles. The van der Waals surface area contributed by atoms with Crippen LogP contribution in [0.25, 0.3) is 0 Å². The Morgan fingerprint density at radius 1 is 1.17 bits per heavy atom. The molecule has 0 heterocycles. The van der Waals surface area contributed by atoms with Gasteiger partial charge in [-0.3, -0.25) is 0 Å². The van der Waals surface area contributed by atoms with Gasteiger partial charge in [0, 0.05) is 6.54 Å². The van der Waals surface area contributed by atoms with Crippen molar-refractivity contribution < 1.29 is 13.2 Å². The maximum absolute atomic E-state index is 11.5. The molecule has 0 aliphatic carbocycles. The van der Waals surface area contributed by atoms with E-state index < -0.39 is 10.0 Å². The molecule has 0 atom stereocenters. The Balaban J connectivity index is 2.12. The summed E-state index contributed by atoms with van der Waals surface area (Å²) in [7, 11) is -3.09. The Morgan fingerprint density at radius 3 is 2.56 bits per heavy atom. The van der Waals surface area contributed by atoms with Crippen LogP contribution in [0.4, 0.5) is 0 Å². The van der Waals surface area contributed by atoms with Crippen molar-refractivity contribution in [3.8, 4) is 5.75 Å². The second-order valence-corrected chi connectivity index (χ2v) is 6.01. The van der Waals surface area contributed by atoms with Crippen molar-refractivity contribution in [3.05, 3.63) is 30.3 Å². The average molecular weight is 271 g/mol. The zero-order valence-corrected chi connectivity index (χ0v) is 11.6. The summed E-state index contributed by atoms with van der Waals surface area (Å²) < 4.78 is 31.0. The largest absolute Gasteiger partial charge is 0.494 e. The second kappa shape index (κ2) is 8.11. The third-order valence-electron chi connectivity index (χ3n) is 2.42. The lowest BCUT2D eigenvalue weighted by Crippen LogP contribution is -2.28. The summed E-state index contributed by atoms with van der Waals surface area (Å²) in [5.74, 6) is 1.02. The van der Waals surface area contributed by atoms with Crippen LogP contribution < -0.4 is 9.46 Å². The number of unbranched alkanes of at least 4 members (excludes halogenated alkanes) is 1. The van der Waals surface area contributed by atoms with E-state index in [2.05, 4.69) is 4.72 Å². The van der Waals surface area contributed by atoms with Gasteiger partial charge in [0.1, 0.15) is 5.75 Å². The highest BCUT2D eigenvalue weighted by atomic mass is 32.2. The van der Waals surface area contributed by atoms with Crippen LogP contribution in [-0.2, 0) is 10.0 Å². The number of sulfonamides is 1. The Hall–Kier alpha value is -1.07. The van der Waals surface area contributed by atoms with Gasteiger partial charge in [-0.1, -0.05) is 31.5 Å². The topological polar surface area (TPSA) is 55.4 Å². The molecular formula is C13H21NO3S. The molecule has 0 aromatic heterocycles. The van der Waals surface area contributed by atoms with E-state index in [9.17, 15) is 8.42 Å². The summed E-state index contributed by atoms with van der Waals surface area (Å²) in [6, 6.07) is 9.50. The molecule has 0 bridgehead atoms. The molecule has 0 fully saturated rings. The zero-order chi connectivity index (χ0) is 13.3. The van der Waals surface area contributed by atoms with E-state index in [-0.39, 0.29) is 5.75 Å². The summed E-state index contributed by atoms with van der Waals surface area (Å²) in [6.45, 7) is 2.92. The van der Waals surface area contributed by atoms with Crippen molar-refractivity contribution >= 4 is 10.0 Å². The van der Waals surface area contributed by atoms with E-state index in [0.29, 0.717) is 26.0 Å². The number of nitrogens with one attached hydrogen (secondary N) is 1. The quantitative estimate of drug-likeness (QED) is 0.700. The second-order valence-electron chi connectivity index (χ2n) is 4.08. The summed E-state index contributed by atoms with van der Waals surface area (Å²) in [5, 5.41) is 0. The average Bonchev–Trinajstić information content (AvgIpc) is 2.37. The summed E-state index contributed by atoms with van der Waals surface area (Å²) >= 11 is 0. The van der Waals surface area contributed by atoms with Gasteiger partial charge in [0.25, 0.3) is 0 Å². The predicted molar refractivity (Wildman–Crippen MR) is 73.3 cm³/mol. The molecule has 0 unspecified atom stereocenters. The van der Waals surface area contributed by atoms with Gasteiger partial charge in [-0.25, -0.2) is 13.1 Å². The lowest BCUT2D eigenvalue weighted by molar-refractivity contribution is 0.311. The number of para-hydroxylation sites is 1. The predicted octanol–water partition coefficient (Wildman–Crippen LogP) is 2.17. The van der Waals surface area contributed by atoms with Crippen LogP contribution in [0.15, 0.2) is 30.3 Å². The van der Waals surface area contributed by atoms with Crippen LogP contribution in [0.5, 0.6) is 5.75 Å². The molecule has 0 saturated heterocycles. The van der Waals surface area contributed by atoms with Gasteiger partial charge >= 0.3 is 0 Å². The van der Waals surface area contributed by atoms with Crippen molar-refractivity contribution in [1.29, 1.82) is 0 Å². The highest BCUT2D eigenvalue weighted by Gasteiger charge is 2.07. The maximum atomic E-state index is 11.5. The number of ether oxygens (including phenoxy) is 1. The molecule has 5 heteroatoms. The van der Waals surface area contributed by atoms with E-state index >= 15 is 0 Å². The molecule has 0 amide bonds. The lowest BCUT2D eigenvalue weighted by Gasteiger charge is -2.07. The third-order valence-corrected chi connectivity index (χ3v) is 3.89. The summed E-state index contributed by atoms with van der Waals surface area (Å²) in [5.41, 5.74) is 0. The Labute approximate surface area is 109 Å². The fourth-order valence-electron chi connectivity index (χ4n) is 1.41. The molecule has 1 aromatic rings. The SMILES string of the molecule is CCCCS(=O)(=O)NCCCOc1ccccc1. The fourth-order valence-corrected chi connectivity index (χ4v) is 2.68. The number of benzene rings is 1. The van der Waals surface area contributed by atoms with Crippen molar-refractivity contribution in [2.24, 2.45) is 0 Å². The first-order valence-corrected chi connectivity index (χ1v) is 7.94. The molecule has 0 spiro atoms. The van der Waals surface area contributed by atoms with E-state index in [4.69, 9.17) is 4.74 Å². The van der Waals surface area contributed by atoms with E-state index in [0.717, 1.165) is 12.2 Å². The van der Waals surface area contributed by atoms with Crippen molar-refractivity contribution in [2.75, 3.05) is 18.9 Å². The number of rotatable bonds is 9.